The summed E-state index contributed by atoms with van der Waals surface area (Å²) in [6, 6.07) is 17.9. The van der Waals surface area contributed by atoms with Gasteiger partial charge in [-0.3, -0.25) is 25.2 Å². The van der Waals surface area contributed by atoms with Gasteiger partial charge in [0.05, 0.1) is 7.11 Å². The molecule has 10 heteroatoms. The fraction of sp³-hybridized carbons (Fsp3) is 0.120. The molecule has 180 valence electrons. The van der Waals surface area contributed by atoms with Crippen LogP contribution in [0.2, 0.25) is 0 Å². The van der Waals surface area contributed by atoms with Gasteiger partial charge in [0.25, 0.3) is 15.9 Å². The summed E-state index contributed by atoms with van der Waals surface area (Å²) in [5.41, 5.74) is 7.10. The largest absolute Gasteiger partial charge is 0.495 e. The highest BCUT2D eigenvalue weighted by Crippen LogP contribution is 2.27. The number of methoxy groups -OCH3 is 1. The van der Waals surface area contributed by atoms with Crippen molar-refractivity contribution in [3.63, 3.8) is 0 Å². The van der Waals surface area contributed by atoms with E-state index in [9.17, 15) is 18.0 Å². The van der Waals surface area contributed by atoms with E-state index in [1.807, 2.05) is 19.1 Å². The van der Waals surface area contributed by atoms with Gasteiger partial charge in [-0.05, 0) is 50.2 Å². The van der Waals surface area contributed by atoms with Crippen LogP contribution < -0.4 is 20.3 Å². The number of furan rings is 1. The SMILES string of the molecule is COc1ccc(C(=O)NNC(=O)c2oc3ccccc3c2C)cc1S(=O)(=O)Nc1ccc(C)cc1. The molecule has 0 atom stereocenters. The van der Waals surface area contributed by atoms with E-state index in [4.69, 9.17) is 9.15 Å². The van der Waals surface area contributed by atoms with Gasteiger partial charge in [0, 0.05) is 22.2 Å². The zero-order chi connectivity index (χ0) is 25.2. The van der Waals surface area contributed by atoms with Crippen LogP contribution in [0.15, 0.2) is 76.0 Å². The van der Waals surface area contributed by atoms with Gasteiger partial charge in [0.1, 0.15) is 16.2 Å². The minimum absolute atomic E-state index is 0.00305. The average Bonchev–Trinajstić information content (AvgIpc) is 3.20. The smallest absolute Gasteiger partial charge is 0.305 e. The van der Waals surface area contributed by atoms with Crippen molar-refractivity contribution in [3.8, 4) is 5.75 Å². The lowest BCUT2D eigenvalue weighted by Crippen LogP contribution is -2.41. The van der Waals surface area contributed by atoms with Crippen LogP contribution in [0.25, 0.3) is 11.0 Å². The van der Waals surface area contributed by atoms with Crippen molar-refractivity contribution in [2.24, 2.45) is 0 Å². The Bertz CT molecular complexity index is 1520. The Morgan fingerprint density at radius 1 is 0.886 bits per heavy atom. The van der Waals surface area contributed by atoms with E-state index >= 15 is 0 Å². The molecule has 0 radical (unpaired) electrons. The summed E-state index contributed by atoms with van der Waals surface area (Å²) in [5.74, 6) is -1.24. The Morgan fingerprint density at radius 2 is 1.57 bits per heavy atom. The third-order valence-electron chi connectivity index (χ3n) is 5.36. The Labute approximate surface area is 202 Å². The van der Waals surface area contributed by atoms with Crippen molar-refractivity contribution in [3.05, 3.63) is 89.2 Å². The number of rotatable bonds is 6. The van der Waals surface area contributed by atoms with Crippen LogP contribution in [0.1, 0.15) is 32.0 Å². The number of carbonyl (C=O) groups is 2. The lowest BCUT2D eigenvalue weighted by Gasteiger charge is -2.13. The Morgan fingerprint density at radius 3 is 2.26 bits per heavy atom. The van der Waals surface area contributed by atoms with Crippen molar-refractivity contribution in [1.29, 1.82) is 0 Å². The second-order valence-electron chi connectivity index (χ2n) is 7.80. The van der Waals surface area contributed by atoms with Crippen molar-refractivity contribution < 1.29 is 27.2 Å². The quantitative estimate of drug-likeness (QED) is 0.349. The molecular weight excluding hydrogens is 470 g/mol. The number of hydrogen-bond donors (Lipinski definition) is 3. The molecule has 0 fully saturated rings. The maximum Gasteiger partial charge on any atom is 0.305 e. The second-order valence-corrected chi connectivity index (χ2v) is 9.45. The van der Waals surface area contributed by atoms with Gasteiger partial charge in [-0.1, -0.05) is 35.9 Å². The molecule has 3 N–H and O–H groups in total. The summed E-state index contributed by atoms with van der Waals surface area (Å²) < 4.78 is 39.3. The number of benzene rings is 3. The number of hydrogen-bond acceptors (Lipinski definition) is 6. The highest BCUT2D eigenvalue weighted by molar-refractivity contribution is 7.92. The highest BCUT2D eigenvalue weighted by Gasteiger charge is 2.23. The number of aryl methyl sites for hydroxylation is 2. The fourth-order valence-corrected chi connectivity index (χ4v) is 4.75. The Hall–Kier alpha value is -4.31. The maximum atomic E-state index is 13.0. The summed E-state index contributed by atoms with van der Waals surface area (Å²) in [6.45, 7) is 3.63. The first-order valence-corrected chi connectivity index (χ1v) is 12.0. The Kier molecular flexibility index (Phi) is 6.48. The number of ether oxygens (including phenoxy) is 1. The van der Waals surface area contributed by atoms with Crippen LogP contribution in [0.5, 0.6) is 5.75 Å². The molecule has 0 saturated carbocycles. The molecule has 2 amide bonds. The van der Waals surface area contributed by atoms with E-state index in [0.29, 0.717) is 16.8 Å². The van der Waals surface area contributed by atoms with E-state index < -0.39 is 21.8 Å². The average molecular weight is 494 g/mol. The second kappa shape index (κ2) is 9.51. The first-order chi connectivity index (χ1) is 16.7. The van der Waals surface area contributed by atoms with Crippen molar-refractivity contribution in [1.82, 2.24) is 10.9 Å². The van der Waals surface area contributed by atoms with Crippen molar-refractivity contribution in [2.45, 2.75) is 18.7 Å². The predicted molar refractivity (Wildman–Crippen MR) is 131 cm³/mol. The third kappa shape index (κ3) is 4.97. The van der Waals surface area contributed by atoms with Crippen molar-refractivity contribution >= 4 is 38.5 Å². The van der Waals surface area contributed by atoms with E-state index in [1.165, 1.54) is 25.3 Å². The van der Waals surface area contributed by atoms with Crippen LogP contribution in [0.4, 0.5) is 5.69 Å². The van der Waals surface area contributed by atoms with E-state index in [-0.39, 0.29) is 22.0 Å². The van der Waals surface area contributed by atoms with Gasteiger partial charge < -0.3 is 9.15 Å². The number of anilines is 1. The summed E-state index contributed by atoms with van der Waals surface area (Å²) in [5, 5.41) is 0.787. The third-order valence-corrected chi connectivity index (χ3v) is 6.76. The summed E-state index contributed by atoms with van der Waals surface area (Å²) in [7, 11) is -2.75. The normalized spacial score (nSPS) is 11.2. The molecule has 4 rings (SSSR count). The zero-order valence-electron chi connectivity index (χ0n) is 19.2. The summed E-state index contributed by atoms with van der Waals surface area (Å²) in [4.78, 5) is 25.0. The van der Waals surface area contributed by atoms with Crippen LogP contribution in [0.3, 0.4) is 0 Å². The van der Waals surface area contributed by atoms with Gasteiger partial charge in [0.2, 0.25) is 0 Å². The maximum absolute atomic E-state index is 13.0. The number of nitrogens with one attached hydrogen (secondary N) is 3. The molecule has 0 aliphatic rings. The van der Waals surface area contributed by atoms with Crippen LogP contribution in [-0.4, -0.2) is 27.3 Å². The van der Waals surface area contributed by atoms with Gasteiger partial charge in [-0.15, -0.1) is 0 Å². The first-order valence-electron chi connectivity index (χ1n) is 10.6. The molecule has 0 spiro atoms. The topological polar surface area (TPSA) is 127 Å². The molecule has 9 nitrogen and oxygen atoms in total. The molecule has 0 aliphatic heterocycles. The first kappa shape index (κ1) is 23.8. The summed E-state index contributed by atoms with van der Waals surface area (Å²) in [6.07, 6.45) is 0. The molecule has 35 heavy (non-hydrogen) atoms. The zero-order valence-corrected chi connectivity index (χ0v) is 20.0. The number of fused-ring (bicyclic) bond motifs is 1. The molecule has 1 heterocycles. The molecule has 1 aromatic heterocycles. The van der Waals surface area contributed by atoms with E-state index in [2.05, 4.69) is 15.6 Å². The van der Waals surface area contributed by atoms with Crippen molar-refractivity contribution in [2.75, 3.05) is 11.8 Å². The number of para-hydroxylation sites is 1. The van der Waals surface area contributed by atoms with Gasteiger partial charge in [0.15, 0.2) is 5.76 Å². The lowest BCUT2D eigenvalue weighted by molar-refractivity contribution is 0.0831. The van der Waals surface area contributed by atoms with Crippen LogP contribution in [0, 0.1) is 13.8 Å². The van der Waals surface area contributed by atoms with E-state index in [1.54, 1.807) is 43.3 Å². The van der Waals surface area contributed by atoms with Crippen LogP contribution >= 0.6 is 0 Å². The molecule has 0 unspecified atom stereocenters. The minimum Gasteiger partial charge on any atom is -0.495 e. The number of sulfonamides is 1. The molecular formula is C25H23N3O6S. The van der Waals surface area contributed by atoms with Gasteiger partial charge in [-0.25, -0.2) is 8.42 Å². The minimum atomic E-state index is -4.08. The van der Waals surface area contributed by atoms with Gasteiger partial charge in [-0.2, -0.15) is 0 Å². The lowest BCUT2D eigenvalue weighted by atomic mass is 10.1. The Balaban J connectivity index is 1.53. The molecule has 0 bridgehead atoms. The standard InChI is InChI=1S/C25H23N3O6S/c1-15-8-11-18(12-9-15)28-35(31,32)22-14-17(10-13-21(22)33-3)24(29)26-27-25(30)23-16(2)19-6-4-5-7-20(19)34-23/h4-14,28H,1-3H3,(H,26,29)(H,27,30). The molecule has 4 aromatic rings. The number of carbonyl (C=O) groups excluding carboxylic acids is 2. The molecule has 0 aliphatic carbocycles. The number of amides is 2. The summed E-state index contributed by atoms with van der Waals surface area (Å²) >= 11 is 0. The monoisotopic (exact) mass is 493 g/mol. The predicted octanol–water partition coefficient (Wildman–Crippen LogP) is 3.93. The van der Waals surface area contributed by atoms with Crippen LogP contribution in [-0.2, 0) is 10.0 Å². The molecule has 3 aromatic carbocycles. The van der Waals surface area contributed by atoms with E-state index in [0.717, 1.165) is 10.9 Å². The fourth-order valence-electron chi connectivity index (χ4n) is 3.49. The highest BCUT2D eigenvalue weighted by atomic mass is 32.2. The van der Waals surface area contributed by atoms with Gasteiger partial charge >= 0.3 is 5.91 Å². The number of hydrazine groups is 1. The molecule has 0 saturated heterocycles.